The molecule has 0 aliphatic heterocycles. The highest BCUT2D eigenvalue weighted by Crippen LogP contribution is 2.66. The Kier molecular flexibility index (Phi) is 4.67. The van der Waals surface area contributed by atoms with Crippen molar-refractivity contribution in [1.82, 2.24) is 0 Å². The van der Waals surface area contributed by atoms with Crippen LogP contribution in [0.1, 0.15) is 78.1 Å². The van der Waals surface area contributed by atoms with Crippen LogP contribution in [0.4, 0.5) is 5.69 Å². The Balaban J connectivity index is 1.32. The summed E-state index contributed by atoms with van der Waals surface area (Å²) < 4.78 is 6.36. The van der Waals surface area contributed by atoms with Gasteiger partial charge in [0, 0.05) is 12.1 Å². The van der Waals surface area contributed by atoms with Crippen LogP contribution < -0.4 is 4.74 Å². The first-order valence-corrected chi connectivity index (χ1v) is 11.8. The first-order valence-electron chi connectivity index (χ1n) is 11.8. The van der Waals surface area contributed by atoms with Crippen molar-refractivity contribution < 1.29 is 9.66 Å². The Morgan fingerprint density at radius 2 is 1.79 bits per heavy atom. The van der Waals surface area contributed by atoms with E-state index in [4.69, 9.17) is 4.74 Å². The molecular formula is C25H35NO3. The molecule has 0 aromatic heterocycles. The number of rotatable bonds is 3. The van der Waals surface area contributed by atoms with E-state index in [2.05, 4.69) is 13.8 Å². The third kappa shape index (κ3) is 3.18. The maximum Gasteiger partial charge on any atom is 0.269 e. The van der Waals surface area contributed by atoms with Crippen LogP contribution >= 0.6 is 0 Å². The molecule has 4 fully saturated rings. The van der Waals surface area contributed by atoms with Crippen molar-refractivity contribution in [3.8, 4) is 5.75 Å². The smallest absolute Gasteiger partial charge is 0.269 e. The van der Waals surface area contributed by atoms with Crippen molar-refractivity contribution in [2.75, 3.05) is 0 Å². The molecule has 29 heavy (non-hydrogen) atoms. The fourth-order valence-electron chi connectivity index (χ4n) is 8.22. The fourth-order valence-corrected chi connectivity index (χ4v) is 8.22. The van der Waals surface area contributed by atoms with Crippen molar-refractivity contribution in [2.24, 2.45) is 34.5 Å². The number of non-ortho nitro benzene ring substituents is 1. The lowest BCUT2D eigenvalue weighted by Gasteiger charge is -2.59. The molecule has 5 rings (SSSR count). The van der Waals surface area contributed by atoms with Crippen LogP contribution in [0.2, 0.25) is 0 Å². The van der Waals surface area contributed by atoms with Crippen molar-refractivity contribution in [2.45, 2.75) is 84.2 Å². The number of nitro groups is 1. The predicted molar refractivity (Wildman–Crippen MR) is 114 cm³/mol. The molecule has 1 aromatic rings. The van der Waals surface area contributed by atoms with Gasteiger partial charge in [0.25, 0.3) is 5.69 Å². The number of nitrogens with zero attached hydrogens (tertiary/aromatic N) is 1. The second kappa shape index (κ2) is 6.99. The van der Waals surface area contributed by atoms with Gasteiger partial charge in [-0.15, -0.1) is 0 Å². The molecule has 2 unspecified atom stereocenters. The van der Waals surface area contributed by atoms with Crippen LogP contribution in [0.5, 0.6) is 5.75 Å². The van der Waals surface area contributed by atoms with Crippen LogP contribution in [0.3, 0.4) is 0 Å². The van der Waals surface area contributed by atoms with Gasteiger partial charge in [-0.1, -0.05) is 26.7 Å². The molecule has 0 radical (unpaired) electrons. The van der Waals surface area contributed by atoms with Gasteiger partial charge in [0.05, 0.1) is 11.0 Å². The summed E-state index contributed by atoms with van der Waals surface area (Å²) in [7, 11) is 0. The summed E-state index contributed by atoms with van der Waals surface area (Å²) >= 11 is 0. The molecule has 0 heterocycles. The predicted octanol–water partition coefficient (Wildman–Crippen LogP) is 6.78. The number of hydrogen-bond donors (Lipinski definition) is 0. The van der Waals surface area contributed by atoms with Crippen LogP contribution in [0.15, 0.2) is 24.3 Å². The first kappa shape index (κ1) is 19.4. The first-order chi connectivity index (χ1) is 13.9. The molecule has 0 amide bonds. The summed E-state index contributed by atoms with van der Waals surface area (Å²) in [6.07, 6.45) is 14.0. The normalized spacial score (nSPS) is 43.7. The molecular weight excluding hydrogens is 362 g/mol. The maximum absolute atomic E-state index is 10.9. The summed E-state index contributed by atoms with van der Waals surface area (Å²) in [6, 6.07) is 6.64. The molecule has 0 saturated heterocycles. The lowest BCUT2D eigenvalue weighted by molar-refractivity contribution is -0.384. The van der Waals surface area contributed by atoms with E-state index >= 15 is 0 Å². The number of ether oxygens (including phenoxy) is 1. The molecule has 4 saturated carbocycles. The zero-order chi connectivity index (χ0) is 20.2. The van der Waals surface area contributed by atoms with Gasteiger partial charge >= 0.3 is 0 Å². The largest absolute Gasteiger partial charge is 0.490 e. The number of fused-ring (bicyclic) bond motifs is 5. The van der Waals surface area contributed by atoms with Crippen LogP contribution in [0.25, 0.3) is 0 Å². The molecule has 4 aliphatic rings. The van der Waals surface area contributed by atoms with Gasteiger partial charge in [0.2, 0.25) is 0 Å². The third-order valence-corrected chi connectivity index (χ3v) is 9.66. The standard InChI is InChI=1S/C25H35NO3/c1-24-14-12-22-21(11-6-17-5-3-4-13-25(17,22)2)23(24)15-20(16-24)29-19-9-7-18(8-10-19)26(27)28/h7-10,17,20-23H,3-6,11-16H2,1-2H3/t17?,20?,21-,22-,23+,24-,25+/m1/s1. The van der Waals surface area contributed by atoms with Crippen LogP contribution in [-0.2, 0) is 0 Å². The summed E-state index contributed by atoms with van der Waals surface area (Å²) in [5.74, 6) is 4.32. The van der Waals surface area contributed by atoms with Gasteiger partial charge in [-0.3, -0.25) is 10.1 Å². The average molecular weight is 398 g/mol. The Labute approximate surface area is 174 Å². The van der Waals surface area contributed by atoms with Crippen LogP contribution in [0, 0.1) is 44.6 Å². The Bertz CT molecular complexity index is 777. The monoisotopic (exact) mass is 397 g/mol. The Morgan fingerprint density at radius 3 is 2.55 bits per heavy atom. The quantitative estimate of drug-likeness (QED) is 0.417. The minimum atomic E-state index is -0.350. The fraction of sp³-hybridized carbons (Fsp3) is 0.760. The summed E-state index contributed by atoms with van der Waals surface area (Å²) in [5, 5.41) is 10.9. The molecule has 0 spiro atoms. The van der Waals surface area contributed by atoms with Crippen molar-refractivity contribution in [3.63, 3.8) is 0 Å². The summed E-state index contributed by atoms with van der Waals surface area (Å²) in [5.41, 5.74) is 1.12. The van der Waals surface area contributed by atoms with Crippen molar-refractivity contribution >= 4 is 5.69 Å². The van der Waals surface area contributed by atoms with Gasteiger partial charge < -0.3 is 4.74 Å². The molecule has 7 atom stereocenters. The van der Waals surface area contributed by atoms with Gasteiger partial charge in [-0.2, -0.15) is 0 Å². The molecule has 158 valence electrons. The van der Waals surface area contributed by atoms with Gasteiger partial charge in [0.15, 0.2) is 0 Å². The average Bonchev–Trinajstić information content (AvgIpc) is 3.04. The number of benzene rings is 1. The van der Waals surface area contributed by atoms with E-state index < -0.39 is 0 Å². The maximum atomic E-state index is 10.9. The van der Waals surface area contributed by atoms with Gasteiger partial charge in [0.1, 0.15) is 5.75 Å². The topological polar surface area (TPSA) is 52.4 Å². The van der Waals surface area contributed by atoms with E-state index in [0.29, 0.717) is 10.8 Å². The van der Waals surface area contributed by atoms with Gasteiger partial charge in [-0.05, 0) is 98.0 Å². The van der Waals surface area contributed by atoms with E-state index in [1.54, 1.807) is 24.3 Å². The van der Waals surface area contributed by atoms with Crippen molar-refractivity contribution in [1.29, 1.82) is 0 Å². The molecule has 1 aromatic carbocycles. The minimum absolute atomic E-state index is 0.129. The molecule has 4 aliphatic carbocycles. The highest BCUT2D eigenvalue weighted by Gasteiger charge is 2.59. The zero-order valence-electron chi connectivity index (χ0n) is 17.9. The zero-order valence-corrected chi connectivity index (χ0v) is 17.9. The highest BCUT2D eigenvalue weighted by atomic mass is 16.6. The van der Waals surface area contributed by atoms with E-state index in [1.807, 2.05) is 0 Å². The Morgan fingerprint density at radius 1 is 1.00 bits per heavy atom. The Hall–Kier alpha value is -1.58. The second-order valence-corrected chi connectivity index (χ2v) is 11.0. The van der Waals surface area contributed by atoms with E-state index in [1.165, 1.54) is 51.4 Å². The third-order valence-electron chi connectivity index (χ3n) is 9.66. The van der Waals surface area contributed by atoms with E-state index in [9.17, 15) is 10.1 Å². The highest BCUT2D eigenvalue weighted by molar-refractivity contribution is 5.36. The molecule has 4 heteroatoms. The van der Waals surface area contributed by atoms with E-state index in [-0.39, 0.29) is 16.7 Å². The molecule has 0 bridgehead atoms. The SMILES string of the molecule is C[C@]12CC[C@@H]3[C@@H](CCC4CCCC[C@@]43C)[C@@H]1CC(Oc1ccc([N+](=O)[O-])cc1)C2. The van der Waals surface area contributed by atoms with Crippen LogP contribution in [-0.4, -0.2) is 11.0 Å². The molecule has 4 nitrogen and oxygen atoms in total. The van der Waals surface area contributed by atoms with Crippen molar-refractivity contribution in [3.05, 3.63) is 34.4 Å². The summed E-state index contributed by atoms with van der Waals surface area (Å²) in [4.78, 5) is 10.5. The number of nitro benzene ring substituents is 1. The second-order valence-electron chi connectivity index (χ2n) is 11.0. The minimum Gasteiger partial charge on any atom is -0.490 e. The number of hydrogen-bond acceptors (Lipinski definition) is 3. The van der Waals surface area contributed by atoms with Gasteiger partial charge in [-0.25, -0.2) is 0 Å². The summed E-state index contributed by atoms with van der Waals surface area (Å²) in [6.45, 7) is 5.15. The lowest BCUT2D eigenvalue weighted by Crippen LogP contribution is -2.51. The molecule has 0 N–H and O–H groups in total. The van der Waals surface area contributed by atoms with E-state index in [0.717, 1.165) is 42.3 Å². The lowest BCUT2D eigenvalue weighted by atomic mass is 9.45.